The molecular weight excluding hydrogens is 472 g/mol. The molecule has 7 heteroatoms. The van der Waals surface area contributed by atoms with E-state index in [2.05, 4.69) is 6.92 Å². The van der Waals surface area contributed by atoms with Gasteiger partial charge in [0.1, 0.15) is 5.78 Å². The molecule has 0 aromatic rings. The van der Waals surface area contributed by atoms with Gasteiger partial charge in [-0.15, -0.1) is 0 Å². The van der Waals surface area contributed by atoms with Crippen molar-refractivity contribution >= 4 is 17.5 Å². The zero-order valence-electron chi connectivity index (χ0n) is 23.3. The van der Waals surface area contributed by atoms with E-state index in [0.29, 0.717) is 43.3 Å². The highest BCUT2D eigenvalue weighted by Crippen LogP contribution is 2.71. The highest BCUT2D eigenvalue weighted by atomic mass is 16.4. The summed E-state index contributed by atoms with van der Waals surface area (Å²) in [6, 6.07) is 0. The third-order valence-corrected chi connectivity index (χ3v) is 11.5. The molecule has 0 aliphatic heterocycles. The molecule has 0 saturated heterocycles. The van der Waals surface area contributed by atoms with E-state index in [0.717, 1.165) is 0 Å². The number of allylic oxidation sites excluding steroid dienone is 1. The van der Waals surface area contributed by atoms with Gasteiger partial charge in [0, 0.05) is 40.2 Å². The highest BCUT2D eigenvalue weighted by Gasteiger charge is 2.70. The van der Waals surface area contributed by atoms with Gasteiger partial charge in [0.25, 0.3) is 0 Å². The largest absolute Gasteiger partial charge is 0.478 e. The van der Waals surface area contributed by atoms with Crippen molar-refractivity contribution in [2.45, 2.75) is 105 Å². The number of carbonyl (C=O) groups excluding carboxylic acids is 2. The Balaban J connectivity index is 1.77. The minimum atomic E-state index is -1.08. The molecule has 37 heavy (non-hydrogen) atoms. The van der Waals surface area contributed by atoms with Crippen LogP contribution in [0.4, 0.5) is 0 Å². The van der Waals surface area contributed by atoms with Gasteiger partial charge in [0.15, 0.2) is 5.78 Å². The van der Waals surface area contributed by atoms with Crippen LogP contribution in [0.2, 0.25) is 0 Å². The maximum Gasteiger partial charge on any atom is 0.331 e. The first kappa shape index (κ1) is 28.2. The van der Waals surface area contributed by atoms with Crippen LogP contribution in [0.1, 0.15) is 87.0 Å². The number of carboxylic acids is 1. The molecule has 4 aliphatic rings. The summed E-state index contributed by atoms with van der Waals surface area (Å²) >= 11 is 0. The van der Waals surface area contributed by atoms with Gasteiger partial charge in [-0.25, -0.2) is 4.79 Å². The number of Topliss-reactive ketones (excluding diaryl/α,β-unsaturated/α-hetero) is 2. The van der Waals surface area contributed by atoms with Crippen LogP contribution in [0.5, 0.6) is 0 Å². The number of carbonyl (C=O) groups is 3. The lowest BCUT2D eigenvalue weighted by Gasteiger charge is -2.61. The van der Waals surface area contributed by atoms with Crippen molar-refractivity contribution in [3.05, 3.63) is 22.8 Å². The third kappa shape index (κ3) is 3.82. The number of aliphatic hydroxyl groups is 3. The number of ketones is 2. The second kappa shape index (κ2) is 8.85. The van der Waals surface area contributed by atoms with Crippen LogP contribution in [0, 0.1) is 39.4 Å². The van der Waals surface area contributed by atoms with Crippen LogP contribution in [0.3, 0.4) is 0 Å². The maximum atomic E-state index is 14.1. The average molecular weight is 517 g/mol. The van der Waals surface area contributed by atoms with Crippen LogP contribution >= 0.6 is 0 Å². The van der Waals surface area contributed by atoms with Gasteiger partial charge < -0.3 is 20.4 Å². The summed E-state index contributed by atoms with van der Waals surface area (Å²) in [5.41, 5.74) is -1.26. The molecule has 206 valence electrons. The number of hydrogen-bond donors (Lipinski definition) is 4. The lowest BCUT2D eigenvalue weighted by atomic mass is 9.42. The smallest absolute Gasteiger partial charge is 0.331 e. The van der Waals surface area contributed by atoms with Gasteiger partial charge >= 0.3 is 5.97 Å². The first-order chi connectivity index (χ1) is 16.9. The molecule has 4 aliphatic carbocycles. The molecule has 0 radical (unpaired) electrons. The predicted octanol–water partition coefficient (Wildman–Crippen LogP) is 3.84. The van der Waals surface area contributed by atoms with E-state index < -0.39 is 45.9 Å². The molecule has 0 bridgehead atoms. The first-order valence-corrected chi connectivity index (χ1v) is 13.7. The minimum absolute atomic E-state index is 0.000148. The second-order valence-electron chi connectivity index (χ2n) is 13.7. The summed E-state index contributed by atoms with van der Waals surface area (Å²) < 4.78 is 0. The Hall–Kier alpha value is -1.83. The Morgan fingerprint density at radius 1 is 1.11 bits per heavy atom. The van der Waals surface area contributed by atoms with Crippen molar-refractivity contribution in [1.29, 1.82) is 0 Å². The Labute approximate surface area is 220 Å². The Kier molecular flexibility index (Phi) is 6.74. The zero-order valence-corrected chi connectivity index (χ0v) is 23.3. The van der Waals surface area contributed by atoms with E-state index in [4.69, 9.17) is 5.11 Å². The maximum absolute atomic E-state index is 14.1. The average Bonchev–Trinajstić information content (AvgIpc) is 2.99. The summed E-state index contributed by atoms with van der Waals surface area (Å²) in [7, 11) is 0. The number of hydrogen-bond acceptors (Lipinski definition) is 6. The van der Waals surface area contributed by atoms with Crippen molar-refractivity contribution in [3.63, 3.8) is 0 Å². The van der Waals surface area contributed by atoms with Crippen molar-refractivity contribution in [3.8, 4) is 0 Å². The number of carboxylic acid groups (broad SMARTS) is 1. The summed E-state index contributed by atoms with van der Waals surface area (Å²) in [5.74, 6) is -1.27. The third-order valence-electron chi connectivity index (χ3n) is 11.5. The topological polar surface area (TPSA) is 132 Å². The fourth-order valence-corrected chi connectivity index (χ4v) is 9.16. The van der Waals surface area contributed by atoms with Gasteiger partial charge in [0.05, 0.1) is 18.3 Å². The van der Waals surface area contributed by atoms with E-state index in [1.807, 2.05) is 34.6 Å². The Morgan fingerprint density at radius 2 is 1.73 bits per heavy atom. The lowest BCUT2D eigenvalue weighted by molar-refractivity contribution is -0.146. The normalized spacial score (nSPS) is 43.1. The second-order valence-corrected chi connectivity index (χ2v) is 13.7. The van der Waals surface area contributed by atoms with Crippen molar-refractivity contribution in [2.75, 3.05) is 0 Å². The molecule has 4 N–H and O–H groups in total. The monoisotopic (exact) mass is 516 g/mol. The zero-order chi connectivity index (χ0) is 27.9. The summed E-state index contributed by atoms with van der Waals surface area (Å²) in [6.45, 7) is 13.4. The van der Waals surface area contributed by atoms with Gasteiger partial charge in [-0.3, -0.25) is 9.59 Å². The lowest BCUT2D eigenvalue weighted by Crippen LogP contribution is -2.60. The number of aliphatic carboxylic acids is 1. The molecule has 4 rings (SSSR count). The Morgan fingerprint density at radius 3 is 2.32 bits per heavy atom. The SMILES string of the molecule is C/C(=C\[C@@H](O)C[C@@H](C)[C@H]1C[C@H](O)[C@@]2(C)C3=C(C(=O)C[C@]12C)[C@@]1(C)CCC(=O)C(C)(C)[C@H]1C[C@@H]3O)C(=O)O. The van der Waals surface area contributed by atoms with E-state index in [9.17, 15) is 29.7 Å². The van der Waals surface area contributed by atoms with E-state index in [1.54, 1.807) is 0 Å². The number of fused-ring (bicyclic) bond motifs is 4. The van der Waals surface area contributed by atoms with Gasteiger partial charge in [0.2, 0.25) is 0 Å². The van der Waals surface area contributed by atoms with Crippen molar-refractivity contribution < 1.29 is 34.8 Å². The van der Waals surface area contributed by atoms with Gasteiger partial charge in [-0.2, -0.15) is 0 Å². The molecule has 0 unspecified atom stereocenters. The summed E-state index contributed by atoms with van der Waals surface area (Å²) in [6.07, 6.45) is 1.04. The number of aliphatic hydroxyl groups excluding tert-OH is 3. The van der Waals surface area contributed by atoms with Crippen LogP contribution in [-0.2, 0) is 14.4 Å². The van der Waals surface area contributed by atoms with E-state index in [-0.39, 0.29) is 41.3 Å². The summed E-state index contributed by atoms with van der Waals surface area (Å²) in [4.78, 5) is 38.1. The van der Waals surface area contributed by atoms with E-state index >= 15 is 0 Å². The van der Waals surface area contributed by atoms with Crippen LogP contribution in [-0.4, -0.2) is 56.3 Å². The molecule has 2 saturated carbocycles. The standard InChI is InChI=1S/C30H44O7/c1-15(10-17(31)11-16(2)26(36)37)18-12-23(35)30(7)25-19(32)13-21-27(3,4)22(34)8-9-28(21,5)24(25)20(33)14-29(18,30)6/h11,15,17-19,21,23,31-32,35H,8-10,12-14H2,1-7H3,(H,36,37)/b16-11+/t15-,17+,18-,19+,21-,23+,28+,29-,30+/m1/s1. The molecule has 0 aromatic heterocycles. The molecule has 7 nitrogen and oxygen atoms in total. The molecule has 2 fully saturated rings. The highest BCUT2D eigenvalue weighted by molar-refractivity contribution is 6.01. The molecule has 0 amide bonds. The molecule has 0 spiro atoms. The number of rotatable bonds is 5. The van der Waals surface area contributed by atoms with Crippen LogP contribution < -0.4 is 0 Å². The van der Waals surface area contributed by atoms with E-state index in [1.165, 1.54) is 13.0 Å². The molecule has 0 heterocycles. The predicted molar refractivity (Wildman–Crippen MR) is 138 cm³/mol. The summed E-state index contributed by atoms with van der Waals surface area (Å²) in [5, 5.41) is 43.0. The molecule has 0 aromatic carbocycles. The fourth-order valence-electron chi connectivity index (χ4n) is 9.16. The molecular formula is C30H44O7. The van der Waals surface area contributed by atoms with Crippen molar-refractivity contribution in [1.82, 2.24) is 0 Å². The van der Waals surface area contributed by atoms with Crippen LogP contribution in [0.25, 0.3) is 0 Å². The minimum Gasteiger partial charge on any atom is -0.478 e. The van der Waals surface area contributed by atoms with Crippen LogP contribution in [0.15, 0.2) is 22.8 Å². The van der Waals surface area contributed by atoms with Gasteiger partial charge in [-0.05, 0) is 67.4 Å². The van der Waals surface area contributed by atoms with Gasteiger partial charge in [-0.1, -0.05) is 41.5 Å². The quantitative estimate of drug-likeness (QED) is 0.408. The molecule has 9 atom stereocenters. The van der Waals surface area contributed by atoms with Crippen molar-refractivity contribution in [2.24, 2.45) is 39.4 Å². The fraction of sp³-hybridized carbons (Fsp3) is 0.767. The first-order valence-electron chi connectivity index (χ1n) is 13.7. The Bertz CT molecular complexity index is 1090.